The number of halogens is 1. The van der Waals surface area contributed by atoms with Crippen LogP contribution in [0.3, 0.4) is 0 Å². The van der Waals surface area contributed by atoms with Crippen molar-refractivity contribution in [2.75, 3.05) is 13.1 Å². The normalized spacial score (nSPS) is 13.4. The van der Waals surface area contributed by atoms with Crippen molar-refractivity contribution in [1.82, 2.24) is 5.32 Å². The molecule has 102 valence electrons. The Hall–Kier alpha value is -2.11. The van der Waals surface area contributed by atoms with Crippen LogP contribution in [0.15, 0.2) is 29.4 Å². The molecule has 1 amide bonds. The summed E-state index contributed by atoms with van der Waals surface area (Å²) in [6.07, 6.45) is 0.407. The molecule has 7 heteroatoms. The lowest BCUT2D eigenvalue weighted by Gasteiger charge is -2.31. The minimum absolute atomic E-state index is 0.201. The number of primary amides is 1. The lowest BCUT2D eigenvalue weighted by Crippen LogP contribution is -2.53. The number of carbonyl (C=O) groups is 1. The molecule has 1 aromatic rings. The molecule has 1 unspecified atom stereocenters. The lowest BCUT2D eigenvalue weighted by molar-refractivity contribution is -0.125. The van der Waals surface area contributed by atoms with Gasteiger partial charge in [-0.15, -0.1) is 0 Å². The summed E-state index contributed by atoms with van der Waals surface area (Å²) in [5.74, 6) is -0.935. The van der Waals surface area contributed by atoms with Crippen LogP contribution >= 0.6 is 0 Å². The largest absolute Gasteiger partial charge is 0.368 e. The summed E-state index contributed by atoms with van der Waals surface area (Å²) in [4.78, 5) is 14.4. The first kappa shape index (κ1) is 14.9. The number of hydrogen-bond donors (Lipinski definition) is 2. The molecule has 1 rings (SSSR count). The molecule has 0 aromatic heterocycles. The summed E-state index contributed by atoms with van der Waals surface area (Å²) in [5.41, 5.74) is 13.2. The van der Waals surface area contributed by atoms with Crippen LogP contribution in [0.25, 0.3) is 10.4 Å². The van der Waals surface area contributed by atoms with E-state index >= 15 is 0 Å². The van der Waals surface area contributed by atoms with Crippen molar-refractivity contribution in [2.45, 2.75) is 18.9 Å². The van der Waals surface area contributed by atoms with E-state index in [-0.39, 0.29) is 12.4 Å². The zero-order valence-corrected chi connectivity index (χ0v) is 10.6. The Kier molecular flexibility index (Phi) is 5.29. The Morgan fingerprint density at radius 2 is 2.16 bits per heavy atom. The van der Waals surface area contributed by atoms with Crippen LogP contribution in [0, 0.1) is 5.82 Å². The molecular formula is C12H16FN5O. The molecule has 0 spiro atoms. The average Bonchev–Trinajstić information content (AvgIpc) is 2.40. The van der Waals surface area contributed by atoms with Crippen LogP contribution in [0.1, 0.15) is 18.9 Å². The SMILES string of the molecule is CCC(NCCN=[N+]=[N-])(C(N)=O)c1ccc(F)cc1. The topological polar surface area (TPSA) is 104 Å². The number of benzene rings is 1. The van der Waals surface area contributed by atoms with Crippen molar-refractivity contribution >= 4 is 5.91 Å². The maximum Gasteiger partial charge on any atom is 0.242 e. The van der Waals surface area contributed by atoms with Crippen molar-refractivity contribution in [3.63, 3.8) is 0 Å². The molecule has 1 aromatic carbocycles. The van der Waals surface area contributed by atoms with Gasteiger partial charge in [-0.3, -0.25) is 10.1 Å². The molecule has 0 saturated carbocycles. The smallest absolute Gasteiger partial charge is 0.242 e. The van der Waals surface area contributed by atoms with Crippen LogP contribution in [0.4, 0.5) is 4.39 Å². The molecule has 6 nitrogen and oxygen atoms in total. The molecule has 1 atom stereocenters. The molecule has 0 saturated heterocycles. The minimum Gasteiger partial charge on any atom is -0.368 e. The average molecular weight is 265 g/mol. The quantitative estimate of drug-likeness (QED) is 0.340. The van der Waals surface area contributed by atoms with Gasteiger partial charge in [0.15, 0.2) is 0 Å². The first-order chi connectivity index (χ1) is 9.06. The summed E-state index contributed by atoms with van der Waals surface area (Å²) < 4.78 is 12.9. The van der Waals surface area contributed by atoms with Gasteiger partial charge < -0.3 is 5.73 Å². The van der Waals surface area contributed by atoms with E-state index in [9.17, 15) is 9.18 Å². The van der Waals surface area contributed by atoms with Gasteiger partial charge in [0.2, 0.25) is 5.91 Å². The lowest BCUT2D eigenvalue weighted by atomic mass is 9.86. The highest BCUT2D eigenvalue weighted by molar-refractivity contribution is 5.86. The molecule has 0 aliphatic rings. The summed E-state index contributed by atoms with van der Waals surface area (Å²) in [5, 5.41) is 6.37. The molecule has 3 N–H and O–H groups in total. The number of nitrogens with zero attached hydrogens (tertiary/aromatic N) is 3. The van der Waals surface area contributed by atoms with E-state index in [2.05, 4.69) is 15.3 Å². The van der Waals surface area contributed by atoms with E-state index < -0.39 is 11.4 Å². The highest BCUT2D eigenvalue weighted by Gasteiger charge is 2.35. The first-order valence-corrected chi connectivity index (χ1v) is 5.88. The fraction of sp³-hybridized carbons (Fsp3) is 0.417. The number of nitrogens with two attached hydrogens (primary N) is 1. The van der Waals surface area contributed by atoms with Crippen molar-refractivity contribution in [1.29, 1.82) is 0 Å². The van der Waals surface area contributed by atoms with Gasteiger partial charge in [-0.1, -0.05) is 24.2 Å². The van der Waals surface area contributed by atoms with E-state index in [4.69, 9.17) is 11.3 Å². The van der Waals surface area contributed by atoms with E-state index in [0.29, 0.717) is 18.5 Å². The monoisotopic (exact) mass is 265 g/mol. The van der Waals surface area contributed by atoms with E-state index in [1.807, 2.05) is 0 Å². The van der Waals surface area contributed by atoms with E-state index in [0.717, 1.165) is 0 Å². The Morgan fingerprint density at radius 1 is 1.53 bits per heavy atom. The van der Waals surface area contributed by atoms with Crippen LogP contribution in [0.5, 0.6) is 0 Å². The second-order valence-electron chi connectivity index (χ2n) is 4.01. The fourth-order valence-corrected chi connectivity index (χ4v) is 1.93. The number of rotatable bonds is 7. The predicted molar refractivity (Wildman–Crippen MR) is 69.6 cm³/mol. The number of amides is 1. The Bertz CT molecular complexity index is 483. The van der Waals surface area contributed by atoms with Crippen LogP contribution in [0.2, 0.25) is 0 Å². The highest BCUT2D eigenvalue weighted by Crippen LogP contribution is 2.25. The molecule has 0 aliphatic carbocycles. The zero-order valence-electron chi connectivity index (χ0n) is 10.6. The maximum absolute atomic E-state index is 12.9. The number of carbonyl (C=O) groups excluding carboxylic acids is 1. The van der Waals surface area contributed by atoms with Crippen LogP contribution in [-0.2, 0) is 10.3 Å². The summed E-state index contributed by atoms with van der Waals surface area (Å²) in [6.45, 7) is 2.31. The first-order valence-electron chi connectivity index (χ1n) is 5.88. The van der Waals surface area contributed by atoms with Gasteiger partial charge in [0.25, 0.3) is 0 Å². The van der Waals surface area contributed by atoms with Crippen molar-refractivity contribution in [3.8, 4) is 0 Å². The van der Waals surface area contributed by atoms with Gasteiger partial charge in [-0.2, -0.15) is 0 Å². The Morgan fingerprint density at radius 3 is 2.63 bits per heavy atom. The summed E-state index contributed by atoms with van der Waals surface area (Å²) >= 11 is 0. The number of azide groups is 1. The van der Waals surface area contributed by atoms with Gasteiger partial charge in [-0.25, -0.2) is 4.39 Å². The number of nitrogens with one attached hydrogen (secondary N) is 1. The summed E-state index contributed by atoms with van der Waals surface area (Å²) in [7, 11) is 0. The van der Waals surface area contributed by atoms with E-state index in [1.54, 1.807) is 6.92 Å². The zero-order chi connectivity index (χ0) is 14.3. The molecule has 0 bridgehead atoms. The molecule has 0 radical (unpaired) electrons. The third-order valence-electron chi connectivity index (χ3n) is 2.99. The van der Waals surface area contributed by atoms with Crippen molar-refractivity contribution < 1.29 is 9.18 Å². The van der Waals surface area contributed by atoms with Gasteiger partial charge in [0.05, 0.1) is 0 Å². The van der Waals surface area contributed by atoms with Gasteiger partial charge in [0, 0.05) is 18.0 Å². The fourth-order valence-electron chi connectivity index (χ4n) is 1.93. The highest BCUT2D eigenvalue weighted by atomic mass is 19.1. The second-order valence-corrected chi connectivity index (χ2v) is 4.01. The third-order valence-corrected chi connectivity index (χ3v) is 2.99. The van der Waals surface area contributed by atoms with Crippen LogP contribution in [-0.4, -0.2) is 19.0 Å². The van der Waals surface area contributed by atoms with E-state index in [1.165, 1.54) is 24.3 Å². The third kappa shape index (κ3) is 3.43. The molecule has 19 heavy (non-hydrogen) atoms. The Balaban J connectivity index is 3.01. The second kappa shape index (κ2) is 6.72. The van der Waals surface area contributed by atoms with Gasteiger partial charge >= 0.3 is 0 Å². The molecule has 0 heterocycles. The number of hydrogen-bond acceptors (Lipinski definition) is 3. The summed E-state index contributed by atoms with van der Waals surface area (Å²) in [6, 6.07) is 5.59. The predicted octanol–water partition coefficient (Wildman–Crippen LogP) is 1.82. The van der Waals surface area contributed by atoms with Crippen molar-refractivity contribution in [2.24, 2.45) is 10.8 Å². The molecule has 0 aliphatic heterocycles. The molecule has 0 fully saturated rings. The standard InChI is InChI=1S/C12H16FN5O/c1-2-12(11(14)19,16-7-8-17-18-15)9-3-5-10(13)6-4-9/h3-6,16H,2,7-8H2,1H3,(H2,14,19). The van der Waals surface area contributed by atoms with Gasteiger partial charge in [0.1, 0.15) is 11.4 Å². The maximum atomic E-state index is 12.9. The Labute approximate surface area is 110 Å². The molecular weight excluding hydrogens is 249 g/mol. The van der Waals surface area contributed by atoms with Gasteiger partial charge in [-0.05, 0) is 29.6 Å². The minimum atomic E-state index is -1.08. The van der Waals surface area contributed by atoms with Crippen LogP contribution < -0.4 is 11.1 Å². The van der Waals surface area contributed by atoms with Crippen molar-refractivity contribution in [3.05, 3.63) is 46.1 Å².